The van der Waals surface area contributed by atoms with Gasteiger partial charge in [-0.15, -0.1) is 11.8 Å². The first-order chi connectivity index (χ1) is 32.5. The van der Waals surface area contributed by atoms with Crippen LogP contribution in [0.5, 0.6) is 0 Å². The van der Waals surface area contributed by atoms with E-state index in [0.29, 0.717) is 12.2 Å². The van der Waals surface area contributed by atoms with Gasteiger partial charge < -0.3 is 36.9 Å². The van der Waals surface area contributed by atoms with Gasteiger partial charge >= 0.3 is 0 Å². The van der Waals surface area contributed by atoms with Crippen LogP contribution in [-0.4, -0.2) is 93.8 Å². The second kappa shape index (κ2) is 22.0. The van der Waals surface area contributed by atoms with Crippen molar-refractivity contribution in [3.05, 3.63) is 96.2 Å². The van der Waals surface area contributed by atoms with Crippen LogP contribution < -0.4 is 37.2 Å². The molecule has 0 saturated carbocycles. The van der Waals surface area contributed by atoms with Gasteiger partial charge in [-0.1, -0.05) is 129 Å². The maximum Gasteiger partial charge on any atom is 0.243 e. The first-order valence-electron chi connectivity index (χ1n) is 24.2. The summed E-state index contributed by atoms with van der Waals surface area (Å²) in [5, 5.41) is 26.0. The number of carbonyl (C=O) groups excluding carboxylic acids is 6. The quantitative estimate of drug-likeness (QED) is 0.0825. The Kier molecular flexibility index (Phi) is 16.2. The van der Waals surface area contributed by atoms with E-state index in [0.717, 1.165) is 43.6 Å². The molecule has 2 bridgehead atoms. The zero-order valence-electron chi connectivity index (χ0n) is 40.4. The highest BCUT2D eigenvalue weighted by Crippen LogP contribution is 2.31. The maximum atomic E-state index is 15.0. The number of nitrogens with one attached hydrogen (secondary N) is 8. The molecule has 0 spiro atoms. The van der Waals surface area contributed by atoms with Crippen LogP contribution >= 0.6 is 11.8 Å². The second-order valence-electron chi connectivity index (χ2n) is 19.7. The molecule has 3 heterocycles. The SMILES string of the molecule is CC[C@H](C)[C@H]1NC(=O)[C@@H]2CSC(N2)[C@H](C(C)C)NC(=O)[C@@H](Cc2c[nH]c3ccccc23)NC(=O)[C@H](C(C)C)NC(=O)[C@@H](CC(C)C)NC(=O)[C@H](Cc2c3ccccc3cc3ccccc23)NC1=O. The van der Waals surface area contributed by atoms with E-state index in [4.69, 9.17) is 0 Å². The molecule has 2 aliphatic heterocycles. The lowest BCUT2D eigenvalue weighted by Gasteiger charge is -2.31. The summed E-state index contributed by atoms with van der Waals surface area (Å²) in [6.07, 6.45) is 2.85. The van der Waals surface area contributed by atoms with Gasteiger partial charge in [0.2, 0.25) is 35.4 Å². The molecule has 2 fully saturated rings. The van der Waals surface area contributed by atoms with E-state index in [1.807, 2.05) is 134 Å². The van der Waals surface area contributed by atoms with Crippen LogP contribution in [0, 0.1) is 23.7 Å². The predicted octanol–water partition coefficient (Wildman–Crippen LogP) is 5.62. The summed E-state index contributed by atoms with van der Waals surface area (Å²) in [7, 11) is 0. The third-order valence-electron chi connectivity index (χ3n) is 13.5. The Morgan fingerprint density at radius 3 is 1.74 bits per heavy atom. The number of aromatic nitrogens is 1. The zero-order valence-corrected chi connectivity index (χ0v) is 41.2. The number of hydrogen-bond acceptors (Lipinski definition) is 8. The van der Waals surface area contributed by atoms with Crippen molar-refractivity contribution < 1.29 is 28.8 Å². The Labute approximate surface area is 403 Å². The lowest BCUT2D eigenvalue weighted by atomic mass is 9.91. The minimum atomic E-state index is -1.18. The van der Waals surface area contributed by atoms with E-state index in [2.05, 4.69) is 48.3 Å². The normalized spacial score (nSPS) is 25.5. The molecule has 0 radical (unpaired) electrons. The van der Waals surface area contributed by atoms with Gasteiger partial charge in [0.05, 0.1) is 17.5 Å². The number of carbonyl (C=O) groups is 6. The summed E-state index contributed by atoms with van der Waals surface area (Å²) in [6, 6.07) is 19.1. The fraction of sp³-hybridized carbons (Fsp3) is 0.472. The molecule has 8 N–H and O–H groups in total. The predicted molar refractivity (Wildman–Crippen MR) is 271 cm³/mol. The van der Waals surface area contributed by atoms with Crippen molar-refractivity contribution in [3.63, 3.8) is 0 Å². The number of rotatable bonds is 10. The molecule has 68 heavy (non-hydrogen) atoms. The van der Waals surface area contributed by atoms with Crippen LogP contribution in [0.15, 0.2) is 85.1 Å². The first kappa shape index (κ1) is 50.0. The summed E-state index contributed by atoms with van der Waals surface area (Å²) in [5.74, 6) is -3.54. The van der Waals surface area contributed by atoms with Crippen molar-refractivity contribution in [2.45, 2.75) is 129 Å². The van der Waals surface area contributed by atoms with Gasteiger partial charge in [-0.3, -0.25) is 34.1 Å². The second-order valence-corrected chi connectivity index (χ2v) is 20.9. The van der Waals surface area contributed by atoms with Crippen LogP contribution in [0.3, 0.4) is 0 Å². The average molecular weight is 945 g/mol. The highest BCUT2D eigenvalue weighted by Gasteiger charge is 2.41. The Morgan fingerprint density at radius 2 is 1.12 bits per heavy atom. The summed E-state index contributed by atoms with van der Waals surface area (Å²) >= 11 is 1.50. The molecule has 2 saturated heterocycles. The smallest absolute Gasteiger partial charge is 0.243 e. The Balaban J connectivity index is 1.29. The minimum absolute atomic E-state index is 0.0628. The van der Waals surface area contributed by atoms with Crippen molar-refractivity contribution in [2.24, 2.45) is 23.7 Å². The van der Waals surface area contributed by atoms with E-state index in [1.165, 1.54) is 11.8 Å². The Morgan fingerprint density at radius 1 is 0.574 bits per heavy atom. The topological polar surface area (TPSA) is 202 Å². The number of thioether (sulfide) groups is 1. The van der Waals surface area contributed by atoms with E-state index in [1.54, 1.807) is 0 Å². The van der Waals surface area contributed by atoms with E-state index in [-0.39, 0.29) is 48.3 Å². The summed E-state index contributed by atoms with van der Waals surface area (Å²) in [6.45, 7) is 15.3. The molecule has 1 aromatic heterocycles. The minimum Gasteiger partial charge on any atom is -0.361 e. The fourth-order valence-corrected chi connectivity index (χ4v) is 10.9. The zero-order chi connectivity index (χ0) is 48.8. The number of benzene rings is 4. The maximum absolute atomic E-state index is 15.0. The van der Waals surface area contributed by atoms with Gasteiger partial charge in [-0.2, -0.15) is 0 Å². The monoisotopic (exact) mass is 944 g/mol. The van der Waals surface area contributed by atoms with Crippen LogP contribution in [0.1, 0.15) is 79.4 Å². The molecule has 1 unspecified atom stereocenters. The summed E-state index contributed by atoms with van der Waals surface area (Å²) in [5.41, 5.74) is 2.56. The van der Waals surface area contributed by atoms with Crippen molar-refractivity contribution in [1.82, 2.24) is 42.2 Å². The molecule has 15 heteroatoms. The third kappa shape index (κ3) is 11.5. The molecule has 14 nitrogen and oxygen atoms in total. The number of amides is 6. The van der Waals surface area contributed by atoms with Gasteiger partial charge in [0.25, 0.3) is 0 Å². The third-order valence-corrected chi connectivity index (χ3v) is 14.8. The highest BCUT2D eigenvalue weighted by atomic mass is 32.2. The van der Waals surface area contributed by atoms with Gasteiger partial charge in [0.15, 0.2) is 0 Å². The lowest BCUT2D eigenvalue weighted by molar-refractivity contribution is -0.136. The van der Waals surface area contributed by atoms with E-state index >= 15 is 0 Å². The van der Waals surface area contributed by atoms with Crippen LogP contribution in [0.25, 0.3) is 32.4 Å². The number of fused-ring (bicyclic) bond motifs is 5. The van der Waals surface area contributed by atoms with Crippen molar-refractivity contribution in [3.8, 4) is 0 Å². The number of aromatic amines is 1. The summed E-state index contributed by atoms with van der Waals surface area (Å²) < 4.78 is 0. The largest absolute Gasteiger partial charge is 0.361 e. The summed E-state index contributed by atoms with van der Waals surface area (Å²) in [4.78, 5) is 90.9. The average Bonchev–Trinajstić information content (AvgIpc) is 3.97. The van der Waals surface area contributed by atoms with Crippen LogP contribution in [-0.2, 0) is 41.6 Å². The Bertz CT molecular complexity index is 2590. The van der Waals surface area contributed by atoms with Crippen molar-refractivity contribution >= 4 is 79.7 Å². The molecular weight excluding hydrogens is 877 g/mol. The molecule has 6 amide bonds. The molecule has 9 atom stereocenters. The van der Waals surface area contributed by atoms with Gasteiger partial charge in [-0.25, -0.2) is 0 Å². The van der Waals surface area contributed by atoms with Gasteiger partial charge in [0.1, 0.15) is 30.2 Å². The lowest BCUT2D eigenvalue weighted by Crippen LogP contribution is -2.61. The van der Waals surface area contributed by atoms with E-state index < -0.39 is 77.7 Å². The van der Waals surface area contributed by atoms with Crippen molar-refractivity contribution in [2.75, 3.05) is 5.75 Å². The molecule has 2 aliphatic rings. The number of para-hydroxylation sites is 1. The molecule has 4 aromatic carbocycles. The molecule has 7 rings (SSSR count). The first-order valence-corrected chi connectivity index (χ1v) is 25.2. The fourth-order valence-electron chi connectivity index (χ4n) is 9.42. The highest BCUT2D eigenvalue weighted by molar-refractivity contribution is 8.00. The van der Waals surface area contributed by atoms with Crippen molar-refractivity contribution in [1.29, 1.82) is 0 Å². The number of H-pyrrole nitrogens is 1. The number of hydrogen-bond donors (Lipinski definition) is 8. The Hall–Kier alpha value is -5.93. The molecule has 362 valence electrons. The van der Waals surface area contributed by atoms with Crippen LogP contribution in [0.2, 0.25) is 0 Å². The van der Waals surface area contributed by atoms with Gasteiger partial charge in [-0.05, 0) is 74.9 Å². The van der Waals surface area contributed by atoms with Gasteiger partial charge in [0, 0.05) is 35.7 Å². The standard InChI is InChI=1S/C53H68N8O6S/c1-9-31(8)46-52(67)57-42(25-38-35-18-12-10-16-32(35)23-33-17-11-13-19-36(33)38)47(62)55-40(22-28(2)3)48(63)59-44(29(4)5)51(66)56-41(24-34-26-54-39-21-15-14-20-37(34)39)49(64)60-45(30(6)7)53-58-43(27-68-53)50(65)61-46/h10-21,23,26,28-31,40-46,53-54,58H,9,22,24-25,27H2,1-8H3,(H,55,62)(H,56,66)(H,57,67)(H,59,63)(H,60,64)(H,61,65)/t31-,40+,41+,42-,43-,44-,45-,46+,53?/m0/s1. The molecule has 0 aliphatic carbocycles. The molecular formula is C53H68N8O6S. The molecule has 5 aromatic rings. The van der Waals surface area contributed by atoms with Crippen LogP contribution in [0.4, 0.5) is 0 Å². The van der Waals surface area contributed by atoms with E-state index in [9.17, 15) is 28.8 Å².